The van der Waals surface area contributed by atoms with Gasteiger partial charge in [-0.2, -0.15) is 0 Å². The van der Waals surface area contributed by atoms with E-state index in [0.717, 1.165) is 6.07 Å². The van der Waals surface area contributed by atoms with Gasteiger partial charge in [-0.1, -0.05) is 11.3 Å². The number of halogens is 1. The molecule has 0 spiro atoms. The molecular formula is C11H12FN5O3. The van der Waals surface area contributed by atoms with Crippen LogP contribution in [-0.2, 0) is 13.1 Å². The number of rotatable bonds is 6. The van der Waals surface area contributed by atoms with Crippen molar-refractivity contribution < 1.29 is 14.4 Å². The highest BCUT2D eigenvalue weighted by Gasteiger charge is 2.17. The minimum atomic E-state index is -0.707. The summed E-state index contributed by atoms with van der Waals surface area (Å²) >= 11 is 0. The normalized spacial score (nSPS) is 10.5. The minimum absolute atomic E-state index is 0.0744. The molecule has 0 atom stereocenters. The first kappa shape index (κ1) is 13.9. The van der Waals surface area contributed by atoms with Crippen LogP contribution in [-0.4, -0.2) is 31.6 Å². The van der Waals surface area contributed by atoms with Gasteiger partial charge < -0.3 is 10.4 Å². The highest BCUT2D eigenvalue weighted by Crippen LogP contribution is 2.27. The lowest BCUT2D eigenvalue weighted by Crippen LogP contribution is -2.05. The van der Waals surface area contributed by atoms with Crippen LogP contribution in [0, 0.1) is 15.9 Å². The molecular weight excluding hydrogens is 269 g/mol. The summed E-state index contributed by atoms with van der Waals surface area (Å²) in [5.74, 6) is -0.707. The van der Waals surface area contributed by atoms with Crippen LogP contribution in [0.2, 0.25) is 0 Å². The maximum absolute atomic E-state index is 13.6. The number of aromatic nitrogens is 3. The van der Waals surface area contributed by atoms with E-state index in [9.17, 15) is 14.5 Å². The minimum Gasteiger partial charge on any atom is -0.394 e. The van der Waals surface area contributed by atoms with Gasteiger partial charge in [0.15, 0.2) is 5.82 Å². The molecule has 20 heavy (non-hydrogen) atoms. The third-order valence-electron chi connectivity index (χ3n) is 2.55. The Bertz CT molecular complexity index is 616. The zero-order valence-electron chi connectivity index (χ0n) is 10.4. The summed E-state index contributed by atoms with van der Waals surface area (Å²) < 4.78 is 15.0. The van der Waals surface area contributed by atoms with Crippen molar-refractivity contribution in [1.82, 2.24) is 15.0 Å². The van der Waals surface area contributed by atoms with Crippen molar-refractivity contribution in [2.45, 2.75) is 13.1 Å². The van der Waals surface area contributed by atoms with Gasteiger partial charge >= 0.3 is 0 Å². The largest absolute Gasteiger partial charge is 0.394 e. The van der Waals surface area contributed by atoms with Crippen LogP contribution in [0.3, 0.4) is 0 Å². The first-order chi connectivity index (χ1) is 9.61. The number of para-hydroxylation sites is 1. The van der Waals surface area contributed by atoms with Crippen molar-refractivity contribution in [3.05, 3.63) is 46.0 Å². The predicted octanol–water partition coefficient (Wildman–Crippen LogP) is 0.930. The highest BCUT2D eigenvalue weighted by molar-refractivity contribution is 5.62. The number of nitrogens with one attached hydrogen (secondary N) is 1. The second-order valence-corrected chi connectivity index (χ2v) is 3.94. The van der Waals surface area contributed by atoms with Crippen LogP contribution in [0.4, 0.5) is 15.8 Å². The number of hydrogen-bond acceptors (Lipinski definition) is 6. The zero-order valence-corrected chi connectivity index (χ0v) is 10.4. The maximum atomic E-state index is 13.6. The molecule has 1 heterocycles. The van der Waals surface area contributed by atoms with E-state index in [2.05, 4.69) is 15.6 Å². The molecule has 0 unspecified atom stereocenters. The van der Waals surface area contributed by atoms with Crippen LogP contribution in [0.15, 0.2) is 24.4 Å². The molecule has 0 aliphatic rings. The predicted molar refractivity (Wildman–Crippen MR) is 67.5 cm³/mol. The molecule has 0 bridgehead atoms. The Hall–Kier alpha value is -2.55. The number of aliphatic hydroxyl groups excluding tert-OH is 1. The Morgan fingerprint density at radius 1 is 1.50 bits per heavy atom. The van der Waals surface area contributed by atoms with E-state index in [1.54, 1.807) is 6.20 Å². The highest BCUT2D eigenvalue weighted by atomic mass is 19.1. The first-order valence-electron chi connectivity index (χ1n) is 5.78. The molecule has 0 radical (unpaired) electrons. The van der Waals surface area contributed by atoms with Crippen molar-refractivity contribution in [2.75, 3.05) is 11.9 Å². The van der Waals surface area contributed by atoms with Crippen LogP contribution >= 0.6 is 0 Å². The number of benzene rings is 1. The third kappa shape index (κ3) is 3.06. The number of anilines is 1. The first-order valence-corrected chi connectivity index (χ1v) is 5.78. The van der Waals surface area contributed by atoms with Gasteiger partial charge in [-0.3, -0.25) is 10.1 Å². The van der Waals surface area contributed by atoms with Crippen molar-refractivity contribution in [3.63, 3.8) is 0 Å². The van der Waals surface area contributed by atoms with E-state index in [1.165, 1.54) is 16.8 Å². The lowest BCUT2D eigenvalue weighted by atomic mass is 10.2. The summed E-state index contributed by atoms with van der Waals surface area (Å²) in [6.07, 6.45) is 1.57. The van der Waals surface area contributed by atoms with Gasteiger partial charge in [-0.25, -0.2) is 9.07 Å². The smallest absolute Gasteiger partial charge is 0.295 e. The Morgan fingerprint density at radius 3 is 3.00 bits per heavy atom. The van der Waals surface area contributed by atoms with E-state index in [0.29, 0.717) is 12.2 Å². The van der Waals surface area contributed by atoms with E-state index in [1.807, 2.05) is 0 Å². The maximum Gasteiger partial charge on any atom is 0.295 e. The number of nitro benzene ring substituents is 1. The molecule has 2 aromatic rings. The fourth-order valence-electron chi connectivity index (χ4n) is 1.65. The molecule has 9 heteroatoms. The fourth-order valence-corrected chi connectivity index (χ4v) is 1.65. The molecule has 0 saturated carbocycles. The van der Waals surface area contributed by atoms with Gasteiger partial charge in [-0.15, -0.1) is 5.10 Å². The lowest BCUT2D eigenvalue weighted by molar-refractivity contribution is -0.384. The molecule has 106 valence electrons. The van der Waals surface area contributed by atoms with Crippen molar-refractivity contribution in [1.29, 1.82) is 0 Å². The Labute approximate surface area is 113 Å². The van der Waals surface area contributed by atoms with Gasteiger partial charge in [0, 0.05) is 6.07 Å². The van der Waals surface area contributed by atoms with Gasteiger partial charge in [-0.05, 0) is 6.07 Å². The van der Waals surface area contributed by atoms with Crippen LogP contribution in [0.1, 0.15) is 5.69 Å². The van der Waals surface area contributed by atoms with E-state index in [-0.39, 0.29) is 24.5 Å². The number of nitrogens with zero attached hydrogens (tertiary/aromatic N) is 4. The lowest BCUT2D eigenvalue weighted by Gasteiger charge is -2.06. The van der Waals surface area contributed by atoms with E-state index in [4.69, 9.17) is 5.11 Å². The van der Waals surface area contributed by atoms with Gasteiger partial charge in [0.1, 0.15) is 11.4 Å². The summed E-state index contributed by atoms with van der Waals surface area (Å²) in [5, 5.41) is 29.7. The molecule has 2 N–H and O–H groups in total. The standard InChI is InChI=1S/C11H12FN5O3/c12-9-2-1-3-10(17(19)20)11(9)13-6-8-7-16(4-5-18)15-14-8/h1-3,7,13,18H,4-6H2. The molecule has 0 saturated heterocycles. The summed E-state index contributed by atoms with van der Waals surface area (Å²) in [6.45, 7) is 0.315. The molecule has 0 fully saturated rings. The van der Waals surface area contributed by atoms with Gasteiger partial charge in [0.05, 0.1) is 30.8 Å². The van der Waals surface area contributed by atoms with Crippen LogP contribution < -0.4 is 5.32 Å². The molecule has 0 aliphatic heterocycles. The van der Waals surface area contributed by atoms with Crippen molar-refractivity contribution >= 4 is 11.4 Å². The zero-order chi connectivity index (χ0) is 14.5. The number of aliphatic hydroxyl groups is 1. The quantitative estimate of drug-likeness (QED) is 0.602. The van der Waals surface area contributed by atoms with Gasteiger partial charge in [0.2, 0.25) is 0 Å². The molecule has 2 rings (SSSR count). The molecule has 0 amide bonds. The molecule has 0 aliphatic carbocycles. The fraction of sp³-hybridized carbons (Fsp3) is 0.273. The molecule has 1 aromatic heterocycles. The average Bonchev–Trinajstić information content (AvgIpc) is 2.85. The average molecular weight is 281 g/mol. The second-order valence-electron chi connectivity index (χ2n) is 3.94. The Balaban J connectivity index is 2.12. The second kappa shape index (κ2) is 6.06. The number of hydrogen-bond donors (Lipinski definition) is 2. The van der Waals surface area contributed by atoms with Crippen LogP contribution in [0.25, 0.3) is 0 Å². The van der Waals surface area contributed by atoms with E-state index >= 15 is 0 Å². The SMILES string of the molecule is O=[N+]([O-])c1cccc(F)c1NCc1cn(CCO)nn1. The summed E-state index contributed by atoms with van der Waals surface area (Å²) in [7, 11) is 0. The molecule has 8 nitrogen and oxygen atoms in total. The van der Waals surface area contributed by atoms with E-state index < -0.39 is 10.7 Å². The van der Waals surface area contributed by atoms with Gasteiger partial charge in [0.25, 0.3) is 5.69 Å². The number of nitro groups is 1. The summed E-state index contributed by atoms with van der Waals surface area (Å²) in [4.78, 5) is 10.2. The topological polar surface area (TPSA) is 106 Å². The molecule has 1 aromatic carbocycles. The monoisotopic (exact) mass is 281 g/mol. The summed E-state index contributed by atoms with van der Waals surface area (Å²) in [6, 6.07) is 3.63. The van der Waals surface area contributed by atoms with Crippen molar-refractivity contribution in [3.8, 4) is 0 Å². The van der Waals surface area contributed by atoms with Crippen molar-refractivity contribution in [2.24, 2.45) is 0 Å². The Kier molecular flexibility index (Phi) is 4.20. The van der Waals surface area contributed by atoms with Crippen LogP contribution in [0.5, 0.6) is 0 Å². The third-order valence-corrected chi connectivity index (χ3v) is 2.55. The Morgan fingerprint density at radius 2 is 2.30 bits per heavy atom. The summed E-state index contributed by atoms with van der Waals surface area (Å²) in [5.41, 5.74) is -0.0436.